The van der Waals surface area contributed by atoms with Crippen LogP contribution < -0.4 is 0 Å². The van der Waals surface area contributed by atoms with Crippen LogP contribution in [0.15, 0.2) is 23.4 Å². The summed E-state index contributed by atoms with van der Waals surface area (Å²) < 4.78 is 0. The van der Waals surface area contributed by atoms with E-state index in [1.165, 1.54) is 6.42 Å². The fourth-order valence-electron chi connectivity index (χ4n) is 2.06. The van der Waals surface area contributed by atoms with Gasteiger partial charge in [0.15, 0.2) is 5.84 Å². The second kappa shape index (κ2) is 5.61. The van der Waals surface area contributed by atoms with Gasteiger partial charge in [0.05, 0.1) is 5.02 Å². The van der Waals surface area contributed by atoms with Crippen molar-refractivity contribution in [1.29, 1.82) is 0 Å². The molecule has 92 valence electrons. The highest BCUT2D eigenvalue weighted by atomic mass is 35.5. The van der Waals surface area contributed by atoms with E-state index in [0.717, 1.165) is 31.5 Å². The summed E-state index contributed by atoms with van der Waals surface area (Å²) in [6, 6.07) is 5.19. The van der Waals surface area contributed by atoms with Crippen molar-refractivity contribution in [1.82, 2.24) is 4.90 Å². The maximum atomic E-state index is 9.18. The van der Waals surface area contributed by atoms with Crippen LogP contribution in [0.3, 0.4) is 0 Å². The van der Waals surface area contributed by atoms with Crippen molar-refractivity contribution in [3.8, 4) is 0 Å². The Labute approximate surface area is 111 Å². The van der Waals surface area contributed by atoms with Gasteiger partial charge in [-0.25, -0.2) is 0 Å². The molecule has 1 N–H and O–H groups in total. The Morgan fingerprint density at radius 2 is 1.88 bits per heavy atom. The Morgan fingerprint density at radius 3 is 2.47 bits per heavy atom. The second-order valence-electron chi connectivity index (χ2n) is 4.10. The van der Waals surface area contributed by atoms with E-state index in [1.54, 1.807) is 18.2 Å². The van der Waals surface area contributed by atoms with Gasteiger partial charge in [-0.3, -0.25) is 0 Å². The number of hydrogen-bond donors (Lipinski definition) is 1. The maximum absolute atomic E-state index is 9.18. The molecule has 1 fully saturated rings. The summed E-state index contributed by atoms with van der Waals surface area (Å²) in [7, 11) is 0. The molecule has 1 aromatic rings. The van der Waals surface area contributed by atoms with Crippen LogP contribution >= 0.6 is 23.2 Å². The van der Waals surface area contributed by atoms with Crippen LogP contribution in [-0.4, -0.2) is 29.0 Å². The smallest absolute Gasteiger partial charge is 0.176 e. The second-order valence-corrected chi connectivity index (χ2v) is 4.94. The minimum atomic E-state index is 0.510. The Bertz CT molecular complexity index is 429. The maximum Gasteiger partial charge on any atom is 0.176 e. The van der Waals surface area contributed by atoms with Gasteiger partial charge in [-0.2, -0.15) is 0 Å². The lowest BCUT2D eigenvalue weighted by molar-refractivity contribution is 0.286. The van der Waals surface area contributed by atoms with Crippen LogP contribution in [0.2, 0.25) is 10.0 Å². The summed E-state index contributed by atoms with van der Waals surface area (Å²) in [6.45, 7) is 1.80. The first-order valence-electron chi connectivity index (χ1n) is 5.65. The van der Waals surface area contributed by atoms with Gasteiger partial charge < -0.3 is 10.1 Å². The summed E-state index contributed by atoms with van der Waals surface area (Å²) >= 11 is 12.0. The van der Waals surface area contributed by atoms with E-state index < -0.39 is 0 Å². The van der Waals surface area contributed by atoms with E-state index in [9.17, 15) is 5.21 Å². The van der Waals surface area contributed by atoms with Gasteiger partial charge in [0.1, 0.15) is 0 Å². The molecule has 1 saturated heterocycles. The van der Waals surface area contributed by atoms with Crippen molar-refractivity contribution in [3.63, 3.8) is 0 Å². The zero-order valence-electron chi connectivity index (χ0n) is 9.37. The van der Waals surface area contributed by atoms with Gasteiger partial charge in [-0.15, -0.1) is 0 Å². The molecule has 1 aliphatic rings. The first-order valence-corrected chi connectivity index (χ1v) is 6.40. The largest absolute Gasteiger partial charge is 0.409 e. The molecule has 2 rings (SSSR count). The fraction of sp³-hybridized carbons (Fsp3) is 0.417. The van der Waals surface area contributed by atoms with Crippen molar-refractivity contribution >= 4 is 29.0 Å². The summed E-state index contributed by atoms with van der Waals surface area (Å²) in [4.78, 5) is 2.05. The molecule has 0 radical (unpaired) electrons. The highest BCUT2D eigenvalue weighted by Crippen LogP contribution is 2.24. The van der Waals surface area contributed by atoms with Gasteiger partial charge in [0, 0.05) is 23.7 Å². The molecule has 0 atom stereocenters. The molecule has 0 aliphatic carbocycles. The number of benzene rings is 1. The third kappa shape index (κ3) is 2.85. The quantitative estimate of drug-likeness (QED) is 0.367. The number of rotatable bonds is 1. The molecular formula is C12H14Cl2N2O. The SMILES string of the molecule is O/N=C(/c1ccc(Cl)cc1Cl)N1CCCCC1. The lowest BCUT2D eigenvalue weighted by atomic mass is 10.1. The van der Waals surface area contributed by atoms with E-state index in [-0.39, 0.29) is 0 Å². The number of hydrogen-bond acceptors (Lipinski definition) is 2. The Balaban J connectivity index is 2.28. The van der Waals surface area contributed by atoms with Gasteiger partial charge in [0.2, 0.25) is 0 Å². The van der Waals surface area contributed by atoms with Gasteiger partial charge in [-0.1, -0.05) is 28.4 Å². The number of nitrogens with zero attached hydrogens (tertiary/aromatic N) is 2. The highest BCUT2D eigenvalue weighted by Gasteiger charge is 2.19. The van der Waals surface area contributed by atoms with E-state index in [0.29, 0.717) is 15.9 Å². The molecule has 1 aromatic carbocycles. The Hall–Kier alpha value is -0.930. The van der Waals surface area contributed by atoms with Crippen molar-refractivity contribution in [2.75, 3.05) is 13.1 Å². The fourth-order valence-corrected chi connectivity index (χ4v) is 2.56. The molecule has 5 heteroatoms. The zero-order chi connectivity index (χ0) is 12.3. The number of halogens is 2. The summed E-state index contributed by atoms with van der Waals surface area (Å²) in [5.41, 5.74) is 0.723. The Morgan fingerprint density at radius 1 is 1.18 bits per heavy atom. The van der Waals surface area contributed by atoms with Crippen LogP contribution in [0.4, 0.5) is 0 Å². The number of piperidine rings is 1. The van der Waals surface area contributed by atoms with Crippen LogP contribution in [-0.2, 0) is 0 Å². The molecule has 0 spiro atoms. The summed E-state index contributed by atoms with van der Waals surface area (Å²) in [6.07, 6.45) is 3.46. The molecule has 0 aromatic heterocycles. The molecular weight excluding hydrogens is 259 g/mol. The van der Waals surface area contributed by atoms with Crippen LogP contribution in [0.5, 0.6) is 0 Å². The molecule has 3 nitrogen and oxygen atoms in total. The molecule has 17 heavy (non-hydrogen) atoms. The first-order chi connectivity index (χ1) is 8.22. The van der Waals surface area contributed by atoms with Gasteiger partial charge in [0.25, 0.3) is 0 Å². The number of oxime groups is 1. The predicted octanol–water partition coefficient (Wildman–Crippen LogP) is 3.62. The van der Waals surface area contributed by atoms with Crippen LogP contribution in [0, 0.1) is 0 Å². The normalized spacial score (nSPS) is 17.3. The minimum Gasteiger partial charge on any atom is -0.409 e. The molecule has 0 unspecified atom stereocenters. The third-order valence-corrected chi connectivity index (χ3v) is 3.47. The average Bonchev–Trinajstić information content (AvgIpc) is 2.34. The zero-order valence-corrected chi connectivity index (χ0v) is 10.9. The Kier molecular flexibility index (Phi) is 4.13. The van der Waals surface area contributed by atoms with E-state index in [1.807, 2.05) is 0 Å². The molecule has 0 bridgehead atoms. The van der Waals surface area contributed by atoms with Gasteiger partial charge in [-0.05, 0) is 37.5 Å². The average molecular weight is 273 g/mol. The minimum absolute atomic E-state index is 0.510. The number of likely N-dealkylation sites (tertiary alicyclic amines) is 1. The van der Waals surface area contributed by atoms with Crippen molar-refractivity contribution in [2.24, 2.45) is 5.16 Å². The molecule has 1 heterocycles. The van der Waals surface area contributed by atoms with Crippen molar-refractivity contribution < 1.29 is 5.21 Å². The lowest BCUT2D eigenvalue weighted by Gasteiger charge is -2.29. The standard InChI is InChI=1S/C12H14Cl2N2O/c13-9-4-5-10(11(14)8-9)12(15-17)16-6-2-1-3-7-16/h4-5,8,17H,1-3,6-7H2/b15-12-. The van der Waals surface area contributed by atoms with E-state index in [2.05, 4.69) is 10.1 Å². The predicted molar refractivity (Wildman–Crippen MR) is 70.2 cm³/mol. The first kappa shape index (κ1) is 12.5. The third-order valence-electron chi connectivity index (χ3n) is 2.92. The monoisotopic (exact) mass is 272 g/mol. The van der Waals surface area contributed by atoms with Crippen LogP contribution in [0.25, 0.3) is 0 Å². The number of amidine groups is 1. The molecule has 0 amide bonds. The van der Waals surface area contributed by atoms with E-state index >= 15 is 0 Å². The van der Waals surface area contributed by atoms with Crippen LogP contribution in [0.1, 0.15) is 24.8 Å². The topological polar surface area (TPSA) is 35.8 Å². The van der Waals surface area contributed by atoms with Crippen molar-refractivity contribution in [3.05, 3.63) is 33.8 Å². The van der Waals surface area contributed by atoms with Crippen molar-refractivity contribution in [2.45, 2.75) is 19.3 Å². The highest BCUT2D eigenvalue weighted by molar-refractivity contribution is 6.36. The summed E-state index contributed by atoms with van der Waals surface area (Å²) in [5, 5.41) is 13.7. The molecule has 0 saturated carbocycles. The van der Waals surface area contributed by atoms with E-state index in [4.69, 9.17) is 23.2 Å². The van der Waals surface area contributed by atoms with Gasteiger partial charge >= 0.3 is 0 Å². The lowest BCUT2D eigenvalue weighted by Crippen LogP contribution is -2.36. The summed E-state index contributed by atoms with van der Waals surface area (Å²) in [5.74, 6) is 0.534. The molecule has 1 aliphatic heterocycles.